The van der Waals surface area contributed by atoms with Crippen molar-refractivity contribution in [3.63, 3.8) is 0 Å². The van der Waals surface area contributed by atoms with Gasteiger partial charge in [-0.2, -0.15) is 0 Å². The highest BCUT2D eigenvalue weighted by Gasteiger charge is 2.15. The van der Waals surface area contributed by atoms with E-state index in [1.165, 1.54) is 11.8 Å². The van der Waals surface area contributed by atoms with E-state index >= 15 is 0 Å². The summed E-state index contributed by atoms with van der Waals surface area (Å²) in [4.78, 5) is 12.2. The van der Waals surface area contributed by atoms with Gasteiger partial charge in [-0.25, -0.2) is 0 Å². The van der Waals surface area contributed by atoms with Crippen LogP contribution in [0.1, 0.15) is 6.92 Å². The van der Waals surface area contributed by atoms with Crippen molar-refractivity contribution in [2.45, 2.75) is 18.6 Å². The minimum absolute atomic E-state index is 0.0908. The van der Waals surface area contributed by atoms with Crippen LogP contribution in [0.5, 0.6) is 5.75 Å². The van der Waals surface area contributed by atoms with E-state index in [1.807, 2.05) is 66.1 Å². The number of thioether (sulfide) groups is 1. The number of nitrogens with zero attached hydrogens (tertiary/aromatic N) is 3. The second-order valence-electron chi connectivity index (χ2n) is 5.87. The molecule has 7 heteroatoms. The van der Waals surface area contributed by atoms with E-state index in [0.29, 0.717) is 18.3 Å². The lowest BCUT2D eigenvalue weighted by Gasteiger charge is -2.09. The van der Waals surface area contributed by atoms with Gasteiger partial charge in [0.2, 0.25) is 5.91 Å². The third-order valence-electron chi connectivity index (χ3n) is 3.84. The zero-order valence-corrected chi connectivity index (χ0v) is 16.5. The Morgan fingerprint density at radius 3 is 2.61 bits per heavy atom. The summed E-state index contributed by atoms with van der Waals surface area (Å²) in [5.74, 6) is 1.70. The van der Waals surface area contributed by atoms with E-state index in [0.717, 1.165) is 22.8 Å². The van der Waals surface area contributed by atoms with Crippen molar-refractivity contribution >= 4 is 23.4 Å². The lowest BCUT2D eigenvalue weighted by Crippen LogP contribution is -2.14. The number of allylic oxidation sites excluding steroid dienone is 1. The first kappa shape index (κ1) is 19.7. The summed E-state index contributed by atoms with van der Waals surface area (Å²) in [5.41, 5.74) is 1.70. The Bertz CT molecular complexity index is 923. The van der Waals surface area contributed by atoms with Crippen LogP contribution in [-0.2, 0) is 11.3 Å². The molecule has 0 saturated carbocycles. The van der Waals surface area contributed by atoms with Crippen molar-refractivity contribution in [1.29, 1.82) is 0 Å². The van der Waals surface area contributed by atoms with Gasteiger partial charge in [-0.05, 0) is 43.3 Å². The molecular weight excluding hydrogens is 372 g/mol. The van der Waals surface area contributed by atoms with E-state index in [4.69, 9.17) is 4.74 Å². The van der Waals surface area contributed by atoms with Gasteiger partial charge in [0.05, 0.1) is 12.4 Å². The number of anilines is 1. The van der Waals surface area contributed by atoms with Crippen LogP contribution < -0.4 is 10.1 Å². The lowest BCUT2D eigenvalue weighted by molar-refractivity contribution is -0.113. The SMILES string of the molecule is C=CCn1c(SCC(=O)Nc2ccccc2)nnc1-c1ccc(OCC)cc1. The van der Waals surface area contributed by atoms with Gasteiger partial charge in [0.1, 0.15) is 5.75 Å². The van der Waals surface area contributed by atoms with Crippen molar-refractivity contribution in [3.05, 3.63) is 67.3 Å². The number of carbonyl (C=O) groups excluding carboxylic acids is 1. The lowest BCUT2D eigenvalue weighted by atomic mass is 10.2. The number of benzene rings is 2. The summed E-state index contributed by atoms with van der Waals surface area (Å²) in [6.07, 6.45) is 1.79. The number of aromatic nitrogens is 3. The Morgan fingerprint density at radius 1 is 1.18 bits per heavy atom. The smallest absolute Gasteiger partial charge is 0.234 e. The molecule has 0 atom stereocenters. The Hall–Kier alpha value is -3.06. The molecule has 3 rings (SSSR count). The van der Waals surface area contributed by atoms with Gasteiger partial charge in [0, 0.05) is 17.8 Å². The number of amides is 1. The predicted molar refractivity (Wildman–Crippen MR) is 113 cm³/mol. The Balaban J connectivity index is 1.71. The summed E-state index contributed by atoms with van der Waals surface area (Å²) in [6.45, 7) is 6.94. The van der Waals surface area contributed by atoms with E-state index < -0.39 is 0 Å². The highest BCUT2D eigenvalue weighted by atomic mass is 32.2. The van der Waals surface area contributed by atoms with Crippen LogP contribution in [0.2, 0.25) is 0 Å². The maximum Gasteiger partial charge on any atom is 0.234 e. The van der Waals surface area contributed by atoms with Crippen molar-refractivity contribution < 1.29 is 9.53 Å². The summed E-state index contributed by atoms with van der Waals surface area (Å²) < 4.78 is 7.43. The molecule has 28 heavy (non-hydrogen) atoms. The number of nitrogens with one attached hydrogen (secondary N) is 1. The third-order valence-corrected chi connectivity index (χ3v) is 4.81. The molecule has 1 N–H and O–H groups in total. The van der Waals surface area contributed by atoms with Crippen LogP contribution in [-0.4, -0.2) is 33.0 Å². The number of ether oxygens (including phenoxy) is 1. The predicted octanol–water partition coefficient (Wildman–Crippen LogP) is 4.26. The molecule has 1 amide bonds. The van der Waals surface area contributed by atoms with Gasteiger partial charge < -0.3 is 10.1 Å². The van der Waals surface area contributed by atoms with Crippen molar-refractivity contribution in [2.24, 2.45) is 0 Å². The van der Waals surface area contributed by atoms with E-state index in [-0.39, 0.29) is 11.7 Å². The van der Waals surface area contributed by atoms with Crippen molar-refractivity contribution in [2.75, 3.05) is 17.7 Å². The first-order chi connectivity index (χ1) is 13.7. The molecular formula is C21H22N4O2S. The van der Waals surface area contributed by atoms with Crippen LogP contribution >= 0.6 is 11.8 Å². The summed E-state index contributed by atoms with van der Waals surface area (Å²) >= 11 is 1.35. The normalized spacial score (nSPS) is 10.5. The monoisotopic (exact) mass is 394 g/mol. The second-order valence-corrected chi connectivity index (χ2v) is 6.81. The summed E-state index contributed by atoms with van der Waals surface area (Å²) in [7, 11) is 0. The number of carbonyl (C=O) groups is 1. The standard InChI is InChI=1S/C21H22N4O2S/c1-3-14-25-20(16-10-12-18(13-11-16)27-4-2)23-24-21(25)28-15-19(26)22-17-8-6-5-7-9-17/h3,5-13H,1,4,14-15H2,2H3,(H,22,26). The summed E-state index contributed by atoms with van der Waals surface area (Å²) in [5, 5.41) is 12.1. The van der Waals surface area contributed by atoms with Crippen LogP contribution in [0.25, 0.3) is 11.4 Å². The molecule has 2 aromatic carbocycles. The topological polar surface area (TPSA) is 69.0 Å². The molecule has 0 spiro atoms. The zero-order chi connectivity index (χ0) is 19.8. The third kappa shape index (κ3) is 5.01. The Morgan fingerprint density at radius 2 is 1.93 bits per heavy atom. The quantitative estimate of drug-likeness (QED) is 0.434. The second kappa shape index (κ2) is 9.75. The van der Waals surface area contributed by atoms with Gasteiger partial charge in [-0.15, -0.1) is 16.8 Å². The molecule has 0 aliphatic carbocycles. The van der Waals surface area contributed by atoms with Crippen LogP contribution in [0.3, 0.4) is 0 Å². The van der Waals surface area contributed by atoms with Crippen molar-refractivity contribution in [3.8, 4) is 17.1 Å². The van der Waals surface area contributed by atoms with Crippen LogP contribution in [0, 0.1) is 0 Å². The fourth-order valence-electron chi connectivity index (χ4n) is 2.62. The molecule has 144 valence electrons. The molecule has 0 aliphatic rings. The molecule has 1 aromatic heterocycles. The number of hydrogen-bond donors (Lipinski definition) is 1. The average molecular weight is 395 g/mol. The van der Waals surface area contributed by atoms with Gasteiger partial charge >= 0.3 is 0 Å². The highest BCUT2D eigenvalue weighted by Crippen LogP contribution is 2.26. The molecule has 0 unspecified atom stereocenters. The first-order valence-electron chi connectivity index (χ1n) is 8.96. The molecule has 0 aliphatic heterocycles. The van der Waals surface area contributed by atoms with Crippen LogP contribution in [0.15, 0.2) is 72.4 Å². The molecule has 1 heterocycles. The van der Waals surface area contributed by atoms with Crippen LogP contribution in [0.4, 0.5) is 5.69 Å². The van der Waals surface area contributed by atoms with Gasteiger partial charge in [-0.1, -0.05) is 36.0 Å². The van der Waals surface area contributed by atoms with Crippen molar-refractivity contribution in [1.82, 2.24) is 14.8 Å². The fraction of sp³-hybridized carbons (Fsp3) is 0.190. The molecule has 3 aromatic rings. The van der Waals surface area contributed by atoms with E-state index in [9.17, 15) is 4.79 Å². The maximum absolute atomic E-state index is 12.2. The molecule has 0 saturated heterocycles. The van der Waals surface area contributed by atoms with Gasteiger partial charge in [0.25, 0.3) is 0 Å². The Labute approximate surface area is 168 Å². The highest BCUT2D eigenvalue weighted by molar-refractivity contribution is 7.99. The summed E-state index contributed by atoms with van der Waals surface area (Å²) in [6, 6.07) is 17.1. The molecule has 6 nitrogen and oxygen atoms in total. The van der Waals surface area contributed by atoms with Gasteiger partial charge in [0.15, 0.2) is 11.0 Å². The average Bonchev–Trinajstić information content (AvgIpc) is 3.11. The number of para-hydroxylation sites is 1. The molecule has 0 fully saturated rings. The molecule has 0 radical (unpaired) electrons. The largest absolute Gasteiger partial charge is 0.494 e. The first-order valence-corrected chi connectivity index (χ1v) is 9.95. The maximum atomic E-state index is 12.2. The van der Waals surface area contributed by atoms with E-state index in [2.05, 4.69) is 22.1 Å². The fourth-order valence-corrected chi connectivity index (χ4v) is 3.37. The van der Waals surface area contributed by atoms with Gasteiger partial charge in [-0.3, -0.25) is 9.36 Å². The minimum Gasteiger partial charge on any atom is -0.494 e. The molecule has 0 bridgehead atoms. The zero-order valence-electron chi connectivity index (χ0n) is 15.7. The Kier molecular flexibility index (Phi) is 6.86. The van der Waals surface area contributed by atoms with E-state index in [1.54, 1.807) is 6.08 Å². The minimum atomic E-state index is -0.0908. The number of hydrogen-bond acceptors (Lipinski definition) is 5. The number of rotatable bonds is 9.